The molecule has 0 radical (unpaired) electrons. The van der Waals surface area contributed by atoms with Gasteiger partial charge < -0.3 is 24.1 Å². The molecule has 1 aliphatic heterocycles. The SMILES string of the molecule is COC(=O)c1c(-c2cc(C(=O)O)cc3c2OCOC3)nn(-c2ccccc2)c1C(=O)OC. The van der Waals surface area contributed by atoms with Crippen LogP contribution in [0.5, 0.6) is 5.75 Å². The van der Waals surface area contributed by atoms with E-state index in [0.717, 1.165) is 0 Å². The van der Waals surface area contributed by atoms with Gasteiger partial charge in [-0.3, -0.25) is 0 Å². The highest BCUT2D eigenvalue weighted by atomic mass is 16.7. The number of carbonyl (C=O) groups is 3. The lowest BCUT2D eigenvalue weighted by atomic mass is 9.98. The molecule has 32 heavy (non-hydrogen) atoms. The highest BCUT2D eigenvalue weighted by Crippen LogP contribution is 2.39. The average Bonchev–Trinajstić information content (AvgIpc) is 3.23. The van der Waals surface area contributed by atoms with Crippen molar-refractivity contribution >= 4 is 17.9 Å². The third kappa shape index (κ3) is 3.56. The lowest BCUT2D eigenvalue weighted by molar-refractivity contribution is -0.0159. The Labute approximate surface area is 181 Å². The number of hydrogen-bond acceptors (Lipinski definition) is 8. The van der Waals surface area contributed by atoms with Crippen LogP contribution in [0.2, 0.25) is 0 Å². The molecule has 2 heterocycles. The van der Waals surface area contributed by atoms with Gasteiger partial charge >= 0.3 is 17.9 Å². The van der Waals surface area contributed by atoms with Crippen molar-refractivity contribution in [3.63, 3.8) is 0 Å². The fourth-order valence-electron chi connectivity index (χ4n) is 3.46. The third-order valence-electron chi connectivity index (χ3n) is 4.87. The second-order valence-electron chi connectivity index (χ2n) is 6.73. The number of carboxylic acids is 1. The zero-order valence-electron chi connectivity index (χ0n) is 17.2. The van der Waals surface area contributed by atoms with E-state index in [1.807, 2.05) is 0 Å². The highest BCUT2D eigenvalue weighted by Gasteiger charge is 2.34. The molecule has 0 unspecified atom stereocenters. The standard InChI is InChI=1S/C22H18N2O8/c1-29-21(27)16-17(15-9-12(20(25)26)8-13-10-31-11-32-19(13)15)23-24(18(16)22(28)30-2)14-6-4-3-5-7-14/h3-9H,10-11H2,1-2H3,(H,25,26). The number of hydrogen-bond donors (Lipinski definition) is 1. The van der Waals surface area contributed by atoms with E-state index in [2.05, 4.69) is 5.10 Å². The van der Waals surface area contributed by atoms with Gasteiger partial charge in [0.05, 0.1) is 32.1 Å². The molecule has 10 nitrogen and oxygen atoms in total. The van der Waals surface area contributed by atoms with Gasteiger partial charge in [0.1, 0.15) is 17.0 Å². The van der Waals surface area contributed by atoms with Gasteiger partial charge in [-0.05, 0) is 24.3 Å². The molecule has 2 aromatic carbocycles. The van der Waals surface area contributed by atoms with Crippen LogP contribution < -0.4 is 4.74 Å². The Hall–Kier alpha value is -4.18. The van der Waals surface area contributed by atoms with Crippen LogP contribution in [0.1, 0.15) is 36.8 Å². The van der Waals surface area contributed by atoms with Crippen LogP contribution in [0.15, 0.2) is 42.5 Å². The molecule has 0 amide bonds. The number of carboxylic acid groups (broad SMARTS) is 1. The molecule has 1 aromatic heterocycles. The molecule has 0 aliphatic carbocycles. The van der Waals surface area contributed by atoms with Crippen LogP contribution in [0.25, 0.3) is 16.9 Å². The summed E-state index contributed by atoms with van der Waals surface area (Å²) in [5, 5.41) is 14.1. The average molecular weight is 438 g/mol. The second-order valence-corrected chi connectivity index (χ2v) is 6.73. The number of ether oxygens (including phenoxy) is 4. The van der Waals surface area contributed by atoms with E-state index in [1.165, 1.54) is 31.0 Å². The molecular formula is C22H18N2O8. The Balaban J connectivity index is 2.09. The minimum atomic E-state index is -1.19. The number of fused-ring (bicyclic) bond motifs is 1. The van der Waals surface area contributed by atoms with Gasteiger partial charge in [-0.2, -0.15) is 5.10 Å². The molecule has 0 bridgehead atoms. The fourth-order valence-corrected chi connectivity index (χ4v) is 3.46. The zero-order chi connectivity index (χ0) is 22.8. The second kappa shape index (κ2) is 8.52. The number of benzene rings is 2. The first-order chi connectivity index (χ1) is 15.5. The van der Waals surface area contributed by atoms with Crippen molar-refractivity contribution in [1.29, 1.82) is 0 Å². The summed E-state index contributed by atoms with van der Waals surface area (Å²) >= 11 is 0. The molecule has 0 atom stereocenters. The summed E-state index contributed by atoms with van der Waals surface area (Å²) < 4.78 is 22.0. The van der Waals surface area contributed by atoms with Crippen molar-refractivity contribution < 1.29 is 38.4 Å². The zero-order valence-corrected chi connectivity index (χ0v) is 17.2. The first-order valence-electron chi connectivity index (χ1n) is 9.42. The van der Waals surface area contributed by atoms with Gasteiger partial charge in [-0.1, -0.05) is 18.2 Å². The van der Waals surface area contributed by atoms with Crippen molar-refractivity contribution in [2.45, 2.75) is 6.61 Å². The van der Waals surface area contributed by atoms with Crippen molar-refractivity contribution in [1.82, 2.24) is 9.78 Å². The number of carbonyl (C=O) groups excluding carboxylic acids is 2. The number of aromatic carboxylic acids is 1. The van der Waals surface area contributed by atoms with Crippen molar-refractivity contribution in [2.24, 2.45) is 0 Å². The molecule has 4 rings (SSSR count). The summed E-state index contributed by atoms with van der Waals surface area (Å²) in [6.07, 6.45) is 0. The molecule has 10 heteroatoms. The monoisotopic (exact) mass is 438 g/mol. The quantitative estimate of drug-likeness (QED) is 0.598. The van der Waals surface area contributed by atoms with Crippen molar-refractivity contribution in [3.05, 3.63) is 64.8 Å². The number of esters is 2. The summed E-state index contributed by atoms with van der Waals surface area (Å²) in [5.41, 5.74) is 0.779. The van der Waals surface area contributed by atoms with E-state index in [1.54, 1.807) is 30.3 Å². The lowest BCUT2D eigenvalue weighted by Gasteiger charge is -2.21. The van der Waals surface area contributed by atoms with E-state index >= 15 is 0 Å². The summed E-state index contributed by atoms with van der Waals surface area (Å²) in [7, 11) is 2.35. The lowest BCUT2D eigenvalue weighted by Crippen LogP contribution is -2.16. The third-order valence-corrected chi connectivity index (χ3v) is 4.87. The van der Waals surface area contributed by atoms with E-state index in [4.69, 9.17) is 18.9 Å². The molecular weight excluding hydrogens is 420 g/mol. The van der Waals surface area contributed by atoms with E-state index in [0.29, 0.717) is 17.0 Å². The van der Waals surface area contributed by atoms with Gasteiger partial charge in [0, 0.05) is 11.1 Å². The predicted molar refractivity (Wildman–Crippen MR) is 109 cm³/mol. The first-order valence-corrected chi connectivity index (χ1v) is 9.42. The largest absolute Gasteiger partial charge is 0.478 e. The van der Waals surface area contributed by atoms with E-state index in [-0.39, 0.29) is 41.5 Å². The molecule has 1 aliphatic rings. The van der Waals surface area contributed by atoms with Crippen LogP contribution in [0.4, 0.5) is 0 Å². The van der Waals surface area contributed by atoms with Crippen molar-refractivity contribution in [2.75, 3.05) is 21.0 Å². The Bertz CT molecular complexity index is 1220. The Kier molecular flexibility index (Phi) is 5.61. The molecule has 3 aromatic rings. The Morgan fingerprint density at radius 1 is 1.06 bits per heavy atom. The smallest absolute Gasteiger partial charge is 0.357 e. The maximum absolute atomic E-state index is 12.8. The molecule has 0 saturated carbocycles. The Morgan fingerprint density at radius 2 is 1.78 bits per heavy atom. The minimum absolute atomic E-state index is 0.0161. The maximum atomic E-state index is 12.8. The van der Waals surface area contributed by atoms with Crippen LogP contribution in [-0.2, 0) is 20.8 Å². The number of aromatic nitrogens is 2. The number of nitrogens with zero attached hydrogens (tertiary/aromatic N) is 2. The minimum Gasteiger partial charge on any atom is -0.478 e. The van der Waals surface area contributed by atoms with Gasteiger partial charge in [-0.25, -0.2) is 19.1 Å². The molecule has 164 valence electrons. The summed E-state index contributed by atoms with van der Waals surface area (Å²) in [5.74, 6) is -2.54. The highest BCUT2D eigenvalue weighted by molar-refractivity contribution is 6.07. The Morgan fingerprint density at radius 3 is 2.44 bits per heavy atom. The van der Waals surface area contributed by atoms with Crippen LogP contribution in [-0.4, -0.2) is 53.8 Å². The topological polar surface area (TPSA) is 126 Å². The van der Waals surface area contributed by atoms with Crippen LogP contribution in [0, 0.1) is 0 Å². The van der Waals surface area contributed by atoms with Crippen LogP contribution in [0.3, 0.4) is 0 Å². The van der Waals surface area contributed by atoms with Gasteiger partial charge in [0.15, 0.2) is 12.5 Å². The number of para-hydroxylation sites is 1. The summed E-state index contributed by atoms with van der Waals surface area (Å²) in [6, 6.07) is 11.4. The normalized spacial score (nSPS) is 12.4. The fraction of sp³-hybridized carbons (Fsp3) is 0.182. The van der Waals surface area contributed by atoms with Crippen molar-refractivity contribution in [3.8, 4) is 22.7 Å². The summed E-state index contributed by atoms with van der Waals surface area (Å²) in [6.45, 7) is 0.0451. The van der Waals surface area contributed by atoms with Gasteiger partial charge in [-0.15, -0.1) is 0 Å². The van der Waals surface area contributed by atoms with Gasteiger partial charge in [0.25, 0.3) is 0 Å². The van der Waals surface area contributed by atoms with E-state index in [9.17, 15) is 19.5 Å². The van der Waals surface area contributed by atoms with Gasteiger partial charge in [0.2, 0.25) is 0 Å². The summed E-state index contributed by atoms with van der Waals surface area (Å²) in [4.78, 5) is 37.3. The van der Waals surface area contributed by atoms with E-state index < -0.39 is 17.9 Å². The number of rotatable bonds is 5. The predicted octanol–water partition coefficient (Wildman–Crippen LogP) is 2.68. The van der Waals surface area contributed by atoms with Crippen LogP contribution >= 0.6 is 0 Å². The maximum Gasteiger partial charge on any atom is 0.357 e. The number of methoxy groups -OCH3 is 2. The molecule has 0 saturated heterocycles. The molecule has 0 fully saturated rings. The molecule has 1 N–H and O–H groups in total. The molecule has 0 spiro atoms. The first kappa shape index (κ1) is 21.1.